The van der Waals surface area contributed by atoms with Crippen LogP contribution in [0.4, 0.5) is 0 Å². The highest BCUT2D eigenvalue weighted by atomic mass is 32.2. The van der Waals surface area contributed by atoms with Gasteiger partial charge in [-0.2, -0.15) is 16.9 Å². The molecule has 20 heavy (non-hydrogen) atoms. The number of rotatable bonds is 5. The van der Waals surface area contributed by atoms with Crippen molar-refractivity contribution in [1.29, 1.82) is 0 Å². The lowest BCUT2D eigenvalue weighted by molar-refractivity contribution is 0.0442. The molecule has 1 aromatic heterocycles. The van der Waals surface area contributed by atoms with Crippen LogP contribution in [0, 0.1) is 0 Å². The maximum Gasteiger partial charge on any atom is 0.0534 e. The third-order valence-corrected chi connectivity index (χ3v) is 5.35. The number of aryl methyl sites for hydroxylation is 1. The maximum absolute atomic E-state index is 4.31. The summed E-state index contributed by atoms with van der Waals surface area (Å²) in [5, 5.41) is 4.31. The summed E-state index contributed by atoms with van der Waals surface area (Å²) in [5.41, 5.74) is 1.35. The van der Waals surface area contributed by atoms with E-state index in [1.165, 1.54) is 50.2 Å². The first-order chi connectivity index (χ1) is 9.76. The third kappa shape index (κ3) is 3.21. The largest absolute Gasteiger partial charge is 0.298 e. The van der Waals surface area contributed by atoms with E-state index in [4.69, 9.17) is 0 Å². The van der Waals surface area contributed by atoms with Crippen LogP contribution in [0.1, 0.15) is 24.8 Å². The van der Waals surface area contributed by atoms with Crippen molar-refractivity contribution in [3.63, 3.8) is 0 Å². The number of piperazine rings is 1. The van der Waals surface area contributed by atoms with Crippen molar-refractivity contribution in [2.45, 2.75) is 37.9 Å². The number of hydrogen-bond acceptors (Lipinski definition) is 4. The van der Waals surface area contributed by atoms with Gasteiger partial charge < -0.3 is 0 Å². The fourth-order valence-corrected chi connectivity index (χ4v) is 4.17. The van der Waals surface area contributed by atoms with E-state index in [1.807, 2.05) is 29.7 Å². The summed E-state index contributed by atoms with van der Waals surface area (Å²) in [6.45, 7) is 4.90. The van der Waals surface area contributed by atoms with Gasteiger partial charge in [-0.05, 0) is 37.8 Å². The molecule has 4 nitrogen and oxygen atoms in total. The summed E-state index contributed by atoms with van der Waals surface area (Å²) in [6, 6.07) is 1.52. The highest BCUT2D eigenvalue weighted by molar-refractivity contribution is 7.98. The van der Waals surface area contributed by atoms with E-state index >= 15 is 0 Å². The van der Waals surface area contributed by atoms with Gasteiger partial charge in [-0.15, -0.1) is 0 Å². The van der Waals surface area contributed by atoms with Gasteiger partial charge in [-0.3, -0.25) is 14.5 Å². The van der Waals surface area contributed by atoms with Crippen LogP contribution in [0.5, 0.6) is 0 Å². The van der Waals surface area contributed by atoms with Crippen molar-refractivity contribution < 1.29 is 0 Å². The fourth-order valence-electron chi connectivity index (χ4n) is 3.66. The Kier molecular flexibility index (Phi) is 4.68. The lowest BCUT2D eigenvalue weighted by atomic mass is 10.0. The Morgan fingerprint density at radius 3 is 3.05 bits per heavy atom. The summed E-state index contributed by atoms with van der Waals surface area (Å²) in [5.74, 6) is 1.27. The van der Waals surface area contributed by atoms with Crippen molar-refractivity contribution in [2.24, 2.45) is 7.05 Å². The van der Waals surface area contributed by atoms with Crippen LogP contribution in [-0.4, -0.2) is 63.3 Å². The second-order valence-electron chi connectivity index (χ2n) is 6.18. The maximum atomic E-state index is 4.31. The first-order valence-corrected chi connectivity index (χ1v) is 9.10. The summed E-state index contributed by atoms with van der Waals surface area (Å²) in [4.78, 5) is 5.43. The van der Waals surface area contributed by atoms with Crippen LogP contribution in [0.25, 0.3) is 0 Å². The smallest absolute Gasteiger partial charge is 0.0534 e. The minimum absolute atomic E-state index is 0.719. The van der Waals surface area contributed by atoms with Crippen LogP contribution < -0.4 is 0 Å². The van der Waals surface area contributed by atoms with Gasteiger partial charge in [0.25, 0.3) is 0 Å². The predicted molar refractivity (Wildman–Crippen MR) is 85.0 cm³/mol. The Balaban J connectivity index is 1.67. The molecule has 0 aromatic carbocycles. The number of aromatic nitrogens is 2. The first kappa shape index (κ1) is 14.4. The zero-order chi connectivity index (χ0) is 13.9. The van der Waals surface area contributed by atoms with Gasteiger partial charge in [-0.1, -0.05) is 0 Å². The van der Waals surface area contributed by atoms with E-state index < -0.39 is 0 Å². The molecule has 0 spiro atoms. The lowest BCUT2D eigenvalue weighted by Gasteiger charge is -2.43. The van der Waals surface area contributed by atoms with E-state index in [2.05, 4.69) is 27.4 Å². The van der Waals surface area contributed by atoms with Crippen molar-refractivity contribution in [3.05, 3.63) is 18.0 Å². The highest BCUT2D eigenvalue weighted by Crippen LogP contribution is 2.27. The Morgan fingerprint density at radius 2 is 2.30 bits per heavy atom. The normalized spacial score (nSPS) is 27.9. The SMILES string of the molecule is CSCC[C@H]1CN2CCC[C@H]2CN1Cc1cnn(C)c1. The number of nitrogens with zero attached hydrogens (tertiary/aromatic N) is 4. The van der Waals surface area contributed by atoms with Crippen molar-refractivity contribution in [3.8, 4) is 0 Å². The van der Waals surface area contributed by atoms with Gasteiger partial charge in [0.2, 0.25) is 0 Å². The topological polar surface area (TPSA) is 24.3 Å². The molecule has 2 saturated heterocycles. The summed E-state index contributed by atoms with van der Waals surface area (Å²) < 4.78 is 1.91. The number of fused-ring (bicyclic) bond motifs is 1. The molecule has 2 aliphatic heterocycles. The molecule has 3 rings (SSSR count). The molecule has 5 heteroatoms. The molecule has 0 unspecified atom stereocenters. The number of thioether (sulfide) groups is 1. The Labute approximate surface area is 126 Å². The van der Waals surface area contributed by atoms with Gasteiger partial charge in [0.1, 0.15) is 0 Å². The zero-order valence-corrected chi connectivity index (χ0v) is 13.5. The molecule has 2 aliphatic rings. The van der Waals surface area contributed by atoms with Gasteiger partial charge in [-0.25, -0.2) is 0 Å². The average molecular weight is 294 g/mol. The van der Waals surface area contributed by atoms with Gasteiger partial charge in [0.15, 0.2) is 0 Å². The summed E-state index contributed by atoms with van der Waals surface area (Å²) >= 11 is 1.97. The van der Waals surface area contributed by atoms with Gasteiger partial charge >= 0.3 is 0 Å². The molecule has 0 bridgehead atoms. The van der Waals surface area contributed by atoms with Crippen LogP contribution in [0.15, 0.2) is 12.4 Å². The predicted octanol–water partition coefficient (Wildman–Crippen LogP) is 1.82. The molecule has 1 aromatic rings. The first-order valence-electron chi connectivity index (χ1n) is 7.71. The van der Waals surface area contributed by atoms with E-state index in [0.29, 0.717) is 0 Å². The van der Waals surface area contributed by atoms with Crippen molar-refractivity contribution in [2.75, 3.05) is 31.6 Å². The molecule has 3 heterocycles. The molecule has 2 atom stereocenters. The van der Waals surface area contributed by atoms with Crippen LogP contribution >= 0.6 is 11.8 Å². The molecule has 0 N–H and O–H groups in total. The average Bonchev–Trinajstić information content (AvgIpc) is 3.04. The van der Waals surface area contributed by atoms with Gasteiger partial charge in [0, 0.05) is 50.5 Å². The Hall–Kier alpha value is -0.520. The second-order valence-corrected chi connectivity index (χ2v) is 7.16. The minimum Gasteiger partial charge on any atom is -0.298 e. The van der Waals surface area contributed by atoms with E-state index in [0.717, 1.165) is 18.6 Å². The molecular formula is C15H26N4S. The molecule has 0 radical (unpaired) electrons. The minimum atomic E-state index is 0.719. The molecule has 0 saturated carbocycles. The summed E-state index contributed by atoms with van der Waals surface area (Å²) in [7, 11) is 2.00. The molecule has 0 amide bonds. The quantitative estimate of drug-likeness (QED) is 0.827. The van der Waals surface area contributed by atoms with Crippen LogP contribution in [0.2, 0.25) is 0 Å². The van der Waals surface area contributed by atoms with Crippen LogP contribution in [-0.2, 0) is 13.6 Å². The Morgan fingerprint density at radius 1 is 1.40 bits per heavy atom. The standard InChI is InChI=1S/C15H26N4S/c1-17-9-13(8-16-17)10-19-12-14-4-3-6-18(14)11-15(19)5-7-20-2/h8-9,14-15H,3-7,10-12H2,1-2H3/t14-,15-/m0/s1. The van der Waals surface area contributed by atoms with Crippen LogP contribution in [0.3, 0.4) is 0 Å². The molecule has 2 fully saturated rings. The Bertz CT molecular complexity index is 433. The van der Waals surface area contributed by atoms with E-state index in [-0.39, 0.29) is 0 Å². The van der Waals surface area contributed by atoms with E-state index in [9.17, 15) is 0 Å². The molecular weight excluding hydrogens is 268 g/mol. The molecule has 112 valence electrons. The monoisotopic (exact) mass is 294 g/mol. The third-order valence-electron chi connectivity index (χ3n) is 4.71. The number of hydrogen-bond donors (Lipinski definition) is 0. The highest BCUT2D eigenvalue weighted by Gasteiger charge is 2.35. The van der Waals surface area contributed by atoms with Gasteiger partial charge in [0.05, 0.1) is 6.20 Å². The van der Waals surface area contributed by atoms with Crippen molar-refractivity contribution >= 4 is 11.8 Å². The lowest BCUT2D eigenvalue weighted by Crippen LogP contribution is -2.55. The second kappa shape index (κ2) is 6.50. The summed E-state index contributed by atoms with van der Waals surface area (Å²) in [6.07, 6.45) is 10.5. The van der Waals surface area contributed by atoms with Crippen molar-refractivity contribution in [1.82, 2.24) is 19.6 Å². The fraction of sp³-hybridized carbons (Fsp3) is 0.800. The molecule has 0 aliphatic carbocycles. The van der Waals surface area contributed by atoms with E-state index in [1.54, 1.807) is 0 Å². The zero-order valence-electron chi connectivity index (χ0n) is 12.7.